The Morgan fingerprint density at radius 1 is 1.46 bits per heavy atom. The molecule has 0 aromatic heterocycles. The van der Waals surface area contributed by atoms with Gasteiger partial charge in [0.25, 0.3) is 0 Å². The van der Waals surface area contributed by atoms with Crippen LogP contribution in [0.25, 0.3) is 0 Å². The molecule has 0 saturated heterocycles. The Balaban J connectivity index is 3.63. The molecule has 2 N–H and O–H groups in total. The zero-order chi connectivity index (χ0) is 10.5. The number of hydrogen-bond acceptors (Lipinski definition) is 3. The van der Waals surface area contributed by atoms with E-state index in [2.05, 4.69) is 20.8 Å². The van der Waals surface area contributed by atoms with Crippen molar-refractivity contribution in [2.24, 2.45) is 11.1 Å². The predicted molar refractivity (Wildman–Crippen MR) is 53.3 cm³/mol. The lowest BCUT2D eigenvalue weighted by Crippen LogP contribution is -2.23. The van der Waals surface area contributed by atoms with E-state index in [1.807, 2.05) is 6.92 Å². The second-order valence-corrected chi connectivity index (χ2v) is 4.60. The van der Waals surface area contributed by atoms with Crippen LogP contribution in [0.4, 0.5) is 0 Å². The molecule has 0 fully saturated rings. The molecular weight excluding hydrogens is 166 g/mol. The van der Waals surface area contributed by atoms with Crippen LogP contribution in [0.1, 0.15) is 40.5 Å². The van der Waals surface area contributed by atoms with Gasteiger partial charge in [-0.15, -0.1) is 0 Å². The van der Waals surface area contributed by atoms with E-state index in [1.54, 1.807) is 0 Å². The summed E-state index contributed by atoms with van der Waals surface area (Å²) in [7, 11) is 0. The van der Waals surface area contributed by atoms with Gasteiger partial charge in [-0.1, -0.05) is 20.8 Å². The van der Waals surface area contributed by atoms with Crippen LogP contribution in [0.2, 0.25) is 0 Å². The van der Waals surface area contributed by atoms with Crippen LogP contribution in [0.5, 0.6) is 0 Å². The van der Waals surface area contributed by atoms with Crippen LogP contribution >= 0.6 is 0 Å². The highest BCUT2D eigenvalue weighted by Gasteiger charge is 2.14. The minimum atomic E-state index is -0.318. The van der Waals surface area contributed by atoms with Gasteiger partial charge in [0, 0.05) is 0 Å². The Morgan fingerprint density at radius 2 is 2.00 bits per heavy atom. The van der Waals surface area contributed by atoms with E-state index in [0.29, 0.717) is 5.41 Å². The van der Waals surface area contributed by atoms with Crippen molar-refractivity contribution in [3.05, 3.63) is 0 Å². The summed E-state index contributed by atoms with van der Waals surface area (Å²) in [6.07, 6.45) is 1.93. The molecule has 3 nitrogen and oxygen atoms in total. The van der Waals surface area contributed by atoms with Crippen LogP contribution in [-0.2, 0) is 9.53 Å². The van der Waals surface area contributed by atoms with Gasteiger partial charge < -0.3 is 10.5 Å². The van der Waals surface area contributed by atoms with E-state index in [4.69, 9.17) is 10.5 Å². The molecule has 0 aliphatic carbocycles. The minimum Gasteiger partial charge on any atom is -0.462 e. The minimum absolute atomic E-state index is 0.0183. The second-order valence-electron chi connectivity index (χ2n) is 4.60. The van der Waals surface area contributed by atoms with Crippen molar-refractivity contribution >= 4 is 5.97 Å². The Bertz CT molecular complexity index is 161. The first-order valence-corrected chi connectivity index (χ1v) is 4.74. The summed E-state index contributed by atoms with van der Waals surface area (Å²) in [6, 6.07) is 0. The third-order valence-corrected chi connectivity index (χ3v) is 1.80. The summed E-state index contributed by atoms with van der Waals surface area (Å²) in [6.45, 7) is 8.39. The number of hydrogen-bond donors (Lipinski definition) is 1. The highest BCUT2D eigenvalue weighted by Crippen LogP contribution is 2.22. The second kappa shape index (κ2) is 5.22. The molecule has 3 heteroatoms. The van der Waals surface area contributed by atoms with Crippen molar-refractivity contribution < 1.29 is 9.53 Å². The molecule has 1 atom stereocenters. The highest BCUT2D eigenvalue weighted by atomic mass is 16.5. The maximum absolute atomic E-state index is 10.8. The molecule has 0 amide bonds. The predicted octanol–water partition coefficient (Wildman–Crippen LogP) is 1.70. The largest absolute Gasteiger partial charge is 0.462 e. The number of esters is 1. The Kier molecular flexibility index (Phi) is 4.99. The van der Waals surface area contributed by atoms with Crippen LogP contribution < -0.4 is 5.73 Å². The number of rotatable bonds is 4. The maximum atomic E-state index is 10.8. The molecule has 0 aromatic carbocycles. The van der Waals surface area contributed by atoms with Crippen LogP contribution in [-0.4, -0.2) is 18.6 Å². The van der Waals surface area contributed by atoms with Crippen LogP contribution in [0, 0.1) is 5.41 Å². The van der Waals surface area contributed by atoms with Crippen molar-refractivity contribution in [3.8, 4) is 0 Å². The van der Waals surface area contributed by atoms with Crippen LogP contribution in [0.3, 0.4) is 0 Å². The van der Waals surface area contributed by atoms with Gasteiger partial charge >= 0.3 is 5.97 Å². The lowest BCUT2D eigenvalue weighted by atomic mass is 9.89. The molecule has 0 aliphatic rings. The fraction of sp³-hybridized carbons (Fsp3) is 0.900. The third kappa shape index (κ3) is 7.78. The van der Waals surface area contributed by atoms with Crippen molar-refractivity contribution in [1.29, 1.82) is 0 Å². The van der Waals surface area contributed by atoms with Gasteiger partial charge in [-0.25, -0.2) is 0 Å². The van der Waals surface area contributed by atoms with Crippen molar-refractivity contribution in [3.63, 3.8) is 0 Å². The lowest BCUT2D eigenvalue weighted by molar-refractivity contribution is -0.146. The van der Waals surface area contributed by atoms with Gasteiger partial charge in [0.05, 0.1) is 12.6 Å². The lowest BCUT2D eigenvalue weighted by Gasteiger charge is -2.20. The van der Waals surface area contributed by atoms with Gasteiger partial charge in [-0.3, -0.25) is 4.79 Å². The first-order valence-electron chi connectivity index (χ1n) is 4.74. The highest BCUT2D eigenvalue weighted by molar-refractivity contribution is 5.71. The molecule has 0 bridgehead atoms. The van der Waals surface area contributed by atoms with Crippen LogP contribution in [0.15, 0.2) is 0 Å². The van der Waals surface area contributed by atoms with Gasteiger partial charge in [0.2, 0.25) is 0 Å². The molecule has 78 valence electrons. The summed E-state index contributed by atoms with van der Waals surface area (Å²) in [5.41, 5.74) is 5.42. The average molecular weight is 187 g/mol. The Morgan fingerprint density at radius 3 is 2.38 bits per heavy atom. The smallest absolute Gasteiger partial charge is 0.319 e. The molecule has 0 saturated carbocycles. The fourth-order valence-corrected chi connectivity index (χ4v) is 0.968. The van der Waals surface area contributed by atoms with Crippen molar-refractivity contribution in [1.82, 2.24) is 0 Å². The van der Waals surface area contributed by atoms with Crippen molar-refractivity contribution in [2.75, 3.05) is 6.54 Å². The molecule has 0 aliphatic heterocycles. The Labute approximate surface area is 80.6 Å². The molecule has 0 radical (unpaired) electrons. The average Bonchev–Trinajstić information content (AvgIpc) is 1.99. The third-order valence-electron chi connectivity index (χ3n) is 1.80. The topological polar surface area (TPSA) is 52.3 Å². The maximum Gasteiger partial charge on any atom is 0.319 e. The van der Waals surface area contributed by atoms with E-state index in [0.717, 1.165) is 12.8 Å². The van der Waals surface area contributed by atoms with E-state index in [-0.39, 0.29) is 18.6 Å². The van der Waals surface area contributed by atoms with Gasteiger partial charge in [0.15, 0.2) is 0 Å². The number of nitrogens with two attached hydrogens (primary N) is 1. The zero-order valence-corrected chi connectivity index (χ0v) is 9.09. The van der Waals surface area contributed by atoms with Crippen molar-refractivity contribution in [2.45, 2.75) is 46.6 Å². The first-order chi connectivity index (χ1) is 5.85. The summed E-state index contributed by atoms with van der Waals surface area (Å²) in [4.78, 5) is 10.8. The SMILES string of the molecule is CC(CCC(C)(C)C)OC(=O)CN. The first kappa shape index (κ1) is 12.4. The van der Waals surface area contributed by atoms with E-state index >= 15 is 0 Å². The molecule has 1 unspecified atom stereocenters. The summed E-state index contributed by atoms with van der Waals surface area (Å²) in [5.74, 6) is -0.318. The molecule has 0 spiro atoms. The normalized spacial score (nSPS) is 13.9. The molecule has 13 heavy (non-hydrogen) atoms. The summed E-state index contributed by atoms with van der Waals surface area (Å²) < 4.78 is 5.03. The standard InChI is InChI=1S/C10H21NO2/c1-8(13-9(12)7-11)5-6-10(2,3)4/h8H,5-7,11H2,1-4H3. The molecule has 0 rings (SSSR count). The molecular formula is C10H21NO2. The van der Waals surface area contributed by atoms with Gasteiger partial charge in [-0.2, -0.15) is 0 Å². The fourth-order valence-electron chi connectivity index (χ4n) is 0.968. The van der Waals surface area contributed by atoms with E-state index in [1.165, 1.54) is 0 Å². The van der Waals surface area contributed by atoms with Gasteiger partial charge in [-0.05, 0) is 25.2 Å². The number of ether oxygens (including phenoxy) is 1. The molecule has 0 heterocycles. The number of carbonyl (C=O) groups excluding carboxylic acids is 1. The number of carbonyl (C=O) groups is 1. The summed E-state index contributed by atoms with van der Waals surface area (Å²) >= 11 is 0. The zero-order valence-electron chi connectivity index (χ0n) is 9.09. The monoisotopic (exact) mass is 187 g/mol. The summed E-state index contributed by atoms with van der Waals surface area (Å²) in [5, 5.41) is 0. The van der Waals surface area contributed by atoms with E-state index in [9.17, 15) is 4.79 Å². The van der Waals surface area contributed by atoms with E-state index < -0.39 is 0 Å². The Hall–Kier alpha value is -0.570. The van der Waals surface area contributed by atoms with Gasteiger partial charge in [0.1, 0.15) is 0 Å². The molecule has 0 aromatic rings. The quantitative estimate of drug-likeness (QED) is 0.681.